The predicted octanol–water partition coefficient (Wildman–Crippen LogP) is 2.02. The zero-order chi connectivity index (χ0) is 23.6. The molecule has 33 heavy (non-hydrogen) atoms. The fourth-order valence-corrected chi connectivity index (χ4v) is 3.12. The van der Waals surface area contributed by atoms with Crippen LogP contribution in [0.3, 0.4) is 0 Å². The molecule has 172 valence electrons. The molecule has 5 N–H and O–H groups in total. The molecule has 0 unspecified atom stereocenters. The van der Waals surface area contributed by atoms with Crippen molar-refractivity contribution >= 4 is 17.6 Å². The molecular formula is C24H28N6O3. The molecule has 1 heterocycles. The number of hydrogen-bond donors (Lipinski definition) is 3. The molecule has 0 aliphatic heterocycles. The van der Waals surface area contributed by atoms with Gasteiger partial charge in [-0.1, -0.05) is 24.3 Å². The quantitative estimate of drug-likeness (QED) is 0.260. The van der Waals surface area contributed by atoms with Crippen LogP contribution in [0, 0.1) is 0 Å². The third kappa shape index (κ3) is 6.75. The Morgan fingerprint density at radius 2 is 1.94 bits per heavy atom. The van der Waals surface area contributed by atoms with Crippen molar-refractivity contribution in [2.24, 2.45) is 16.5 Å². The molecule has 0 radical (unpaired) electrons. The minimum absolute atomic E-state index is 0.0865. The third-order valence-corrected chi connectivity index (χ3v) is 4.75. The van der Waals surface area contributed by atoms with E-state index >= 15 is 0 Å². The summed E-state index contributed by atoms with van der Waals surface area (Å²) in [4.78, 5) is 28.8. The first-order valence-corrected chi connectivity index (χ1v) is 10.7. The number of ether oxygens (including phenoxy) is 1. The van der Waals surface area contributed by atoms with E-state index in [2.05, 4.69) is 15.4 Å². The summed E-state index contributed by atoms with van der Waals surface area (Å²) in [6, 6.07) is 17.6. The molecule has 9 nitrogen and oxygen atoms in total. The highest BCUT2D eigenvalue weighted by Gasteiger charge is 2.08. The maximum absolute atomic E-state index is 12.4. The first-order valence-electron chi connectivity index (χ1n) is 10.7. The molecule has 0 bridgehead atoms. The normalized spacial score (nSPS) is 11.3. The number of amidine groups is 1. The first kappa shape index (κ1) is 23.7. The second kappa shape index (κ2) is 11.6. The van der Waals surface area contributed by atoms with Gasteiger partial charge in [0, 0.05) is 23.7 Å². The molecule has 2 aromatic carbocycles. The Morgan fingerprint density at radius 1 is 1.15 bits per heavy atom. The highest BCUT2D eigenvalue weighted by Crippen LogP contribution is 2.18. The molecule has 0 saturated carbocycles. The van der Waals surface area contributed by atoms with E-state index in [-0.39, 0.29) is 24.0 Å². The Hall–Kier alpha value is -3.98. The minimum atomic E-state index is -0.225. The van der Waals surface area contributed by atoms with Crippen molar-refractivity contribution in [3.8, 4) is 11.3 Å². The van der Waals surface area contributed by atoms with Crippen LogP contribution < -0.4 is 22.3 Å². The van der Waals surface area contributed by atoms with Gasteiger partial charge >= 0.3 is 0 Å². The van der Waals surface area contributed by atoms with Crippen LogP contribution in [0.1, 0.15) is 29.3 Å². The van der Waals surface area contributed by atoms with Crippen LogP contribution in [-0.4, -0.2) is 41.4 Å². The standard InChI is InChI=1S/C24H28N6O3/c1-2-33-24(26)28-20-6-3-5-17(15-20)16-30-22(31)12-11-21(29-30)18-7-9-19(10-8-18)23(32)27-14-4-13-25/h3,5-12,15H,2,4,13-14,16,25H2,1H3,(H2,26,28)(H,27,32). The Labute approximate surface area is 192 Å². The third-order valence-electron chi connectivity index (χ3n) is 4.75. The van der Waals surface area contributed by atoms with Crippen LogP contribution in [0.4, 0.5) is 5.69 Å². The molecule has 1 amide bonds. The first-order chi connectivity index (χ1) is 16.0. The van der Waals surface area contributed by atoms with Crippen molar-refractivity contribution in [2.75, 3.05) is 19.7 Å². The molecule has 0 fully saturated rings. The number of carbonyl (C=O) groups is 1. The van der Waals surface area contributed by atoms with Gasteiger partial charge < -0.3 is 21.5 Å². The van der Waals surface area contributed by atoms with Gasteiger partial charge in [-0.3, -0.25) is 9.59 Å². The highest BCUT2D eigenvalue weighted by atomic mass is 16.5. The predicted molar refractivity (Wildman–Crippen MR) is 128 cm³/mol. The average molecular weight is 449 g/mol. The zero-order valence-electron chi connectivity index (χ0n) is 18.5. The second-order valence-corrected chi connectivity index (χ2v) is 7.24. The van der Waals surface area contributed by atoms with Crippen LogP contribution in [0.25, 0.3) is 11.3 Å². The molecule has 0 aliphatic rings. The summed E-state index contributed by atoms with van der Waals surface area (Å²) < 4.78 is 6.55. The smallest absolute Gasteiger partial charge is 0.287 e. The number of hydrogen-bond acceptors (Lipinski definition) is 6. The van der Waals surface area contributed by atoms with E-state index in [0.717, 1.165) is 17.5 Å². The molecule has 0 saturated heterocycles. The number of rotatable bonds is 9. The lowest BCUT2D eigenvalue weighted by Gasteiger charge is -2.09. The summed E-state index contributed by atoms with van der Waals surface area (Å²) >= 11 is 0. The summed E-state index contributed by atoms with van der Waals surface area (Å²) in [5.74, 6) is -0.152. The lowest BCUT2D eigenvalue weighted by molar-refractivity contribution is 0.0953. The minimum Gasteiger partial charge on any atom is -0.465 e. The number of aliphatic imine (C=N–C) groups is 1. The number of benzene rings is 2. The lowest BCUT2D eigenvalue weighted by atomic mass is 10.1. The fourth-order valence-electron chi connectivity index (χ4n) is 3.12. The molecule has 1 aromatic heterocycles. The number of nitrogens with one attached hydrogen (secondary N) is 1. The van der Waals surface area contributed by atoms with Gasteiger partial charge in [-0.25, -0.2) is 4.68 Å². The van der Waals surface area contributed by atoms with E-state index in [0.29, 0.717) is 36.6 Å². The van der Waals surface area contributed by atoms with E-state index in [9.17, 15) is 9.59 Å². The van der Waals surface area contributed by atoms with Crippen molar-refractivity contribution in [1.29, 1.82) is 0 Å². The zero-order valence-corrected chi connectivity index (χ0v) is 18.5. The van der Waals surface area contributed by atoms with E-state index in [4.69, 9.17) is 16.2 Å². The van der Waals surface area contributed by atoms with Gasteiger partial charge in [0.25, 0.3) is 17.5 Å². The Bertz CT molecular complexity index is 1170. The summed E-state index contributed by atoms with van der Waals surface area (Å²) in [6.45, 7) is 3.59. The van der Waals surface area contributed by atoms with Gasteiger partial charge in [0.05, 0.1) is 24.5 Å². The summed E-state index contributed by atoms with van der Waals surface area (Å²) in [5, 5.41) is 7.32. The van der Waals surface area contributed by atoms with Crippen molar-refractivity contribution < 1.29 is 9.53 Å². The lowest BCUT2D eigenvalue weighted by Crippen LogP contribution is -2.25. The van der Waals surface area contributed by atoms with Crippen molar-refractivity contribution in [2.45, 2.75) is 19.9 Å². The van der Waals surface area contributed by atoms with Gasteiger partial charge in [0.1, 0.15) is 0 Å². The van der Waals surface area contributed by atoms with Gasteiger partial charge in [0.15, 0.2) is 0 Å². The van der Waals surface area contributed by atoms with Crippen LogP contribution >= 0.6 is 0 Å². The molecule has 0 aliphatic carbocycles. The van der Waals surface area contributed by atoms with Crippen molar-refractivity contribution in [3.05, 3.63) is 82.1 Å². The molecule has 0 spiro atoms. The number of aromatic nitrogens is 2. The Balaban J connectivity index is 1.77. The van der Waals surface area contributed by atoms with E-state index in [1.807, 2.05) is 25.1 Å². The van der Waals surface area contributed by atoms with Crippen LogP contribution in [0.15, 0.2) is 70.5 Å². The maximum Gasteiger partial charge on any atom is 0.287 e. The highest BCUT2D eigenvalue weighted by molar-refractivity contribution is 5.94. The van der Waals surface area contributed by atoms with Crippen molar-refractivity contribution in [1.82, 2.24) is 15.1 Å². The maximum atomic E-state index is 12.4. The van der Waals surface area contributed by atoms with E-state index < -0.39 is 0 Å². The second-order valence-electron chi connectivity index (χ2n) is 7.24. The van der Waals surface area contributed by atoms with E-state index in [1.165, 1.54) is 10.7 Å². The summed E-state index contributed by atoms with van der Waals surface area (Å²) in [7, 11) is 0. The SMILES string of the molecule is CCOC(N)=Nc1cccc(Cn2nc(-c3ccc(C(=O)NCCCN)cc3)ccc2=O)c1. The Kier molecular flexibility index (Phi) is 8.31. The molecular weight excluding hydrogens is 420 g/mol. The van der Waals surface area contributed by atoms with Crippen LogP contribution in [-0.2, 0) is 11.3 Å². The van der Waals surface area contributed by atoms with Crippen LogP contribution in [0.5, 0.6) is 0 Å². The summed E-state index contributed by atoms with van der Waals surface area (Å²) in [5.41, 5.74) is 14.4. The average Bonchev–Trinajstić information content (AvgIpc) is 2.81. The Morgan fingerprint density at radius 3 is 2.67 bits per heavy atom. The molecule has 3 rings (SSSR count). The topological polar surface area (TPSA) is 138 Å². The van der Waals surface area contributed by atoms with Crippen molar-refractivity contribution in [3.63, 3.8) is 0 Å². The number of nitrogens with zero attached hydrogens (tertiary/aromatic N) is 3. The number of carbonyl (C=O) groups excluding carboxylic acids is 1. The number of nitrogens with two attached hydrogens (primary N) is 2. The molecule has 9 heteroatoms. The van der Waals surface area contributed by atoms with Gasteiger partial charge in [-0.2, -0.15) is 10.1 Å². The van der Waals surface area contributed by atoms with Gasteiger partial charge in [-0.05, 0) is 55.8 Å². The van der Waals surface area contributed by atoms with E-state index in [1.54, 1.807) is 36.4 Å². The molecule has 3 aromatic rings. The summed E-state index contributed by atoms with van der Waals surface area (Å²) in [6.07, 6.45) is 0.727. The largest absolute Gasteiger partial charge is 0.465 e. The fraction of sp³-hybridized carbons (Fsp3) is 0.250. The monoisotopic (exact) mass is 448 g/mol. The molecule has 0 atom stereocenters. The van der Waals surface area contributed by atoms with Gasteiger partial charge in [0.2, 0.25) is 0 Å². The number of amides is 1. The van der Waals surface area contributed by atoms with Crippen LogP contribution in [0.2, 0.25) is 0 Å². The van der Waals surface area contributed by atoms with Gasteiger partial charge in [-0.15, -0.1) is 0 Å².